The summed E-state index contributed by atoms with van der Waals surface area (Å²) >= 11 is 5.90. The van der Waals surface area contributed by atoms with Crippen LogP contribution in [-0.4, -0.2) is 155 Å². The molecule has 18 nitrogen and oxygen atoms in total. The van der Waals surface area contributed by atoms with Crippen molar-refractivity contribution in [3.63, 3.8) is 0 Å². The molecule has 6 rings (SSSR count). The Hall–Kier alpha value is -6.37. The molecule has 3 fully saturated rings. The fourth-order valence-electron chi connectivity index (χ4n) is 11.1. The van der Waals surface area contributed by atoms with Gasteiger partial charge in [0.15, 0.2) is 0 Å². The Morgan fingerprint density at radius 2 is 0.914 bits per heavy atom. The fourth-order valence-corrected chi connectivity index (χ4v) is 11.3. The van der Waals surface area contributed by atoms with Gasteiger partial charge in [0.1, 0.15) is 55.4 Å². The molecule has 1 unspecified atom stereocenters. The highest BCUT2D eigenvalue weighted by atomic mass is 35.5. The number of carbonyl (C=O) groups is 3. The molecular weight excluding hydrogens is 1230 g/mol. The van der Waals surface area contributed by atoms with Gasteiger partial charge in [-0.2, -0.15) is 13.2 Å². The monoisotopic (exact) mass is 1330 g/mol. The molecule has 0 aromatic heterocycles. The number of benzene rings is 3. The van der Waals surface area contributed by atoms with Crippen molar-refractivity contribution < 1.29 is 103 Å². The Kier molecular flexibility index (Phi) is 36.4. The molecule has 93 heavy (non-hydrogen) atoms. The zero-order valence-electron chi connectivity index (χ0n) is 52.9. The molecule has 0 amide bonds. The predicted octanol–water partition coefficient (Wildman–Crippen LogP) is 10.5. The molecule has 0 spiro atoms. The number of carboxylic acid groups (broad SMARTS) is 2. The Morgan fingerprint density at radius 3 is 1.29 bits per heavy atom. The van der Waals surface area contributed by atoms with Crippen LogP contribution < -0.4 is 14.2 Å². The summed E-state index contributed by atoms with van der Waals surface area (Å²) in [7, 11) is 0. The maximum Gasteiger partial charge on any atom is 0.416 e. The third kappa shape index (κ3) is 31.2. The number of rotatable bonds is 35. The molecule has 3 aromatic rings. The van der Waals surface area contributed by atoms with Crippen LogP contribution in [0.2, 0.25) is 5.02 Å². The molecule has 3 saturated carbocycles. The molecule has 3 aliphatic rings. The first kappa shape index (κ1) is 79.1. The number of carbonyl (C=O) groups excluding carboxylic acids is 1. The number of aliphatic carboxylic acids is 2. The van der Waals surface area contributed by atoms with E-state index in [9.17, 15) is 73.5 Å². The number of aliphatic hydroxyl groups is 9. The molecule has 3 aliphatic carbocycles. The number of aliphatic hydroxyl groups excluding tert-OH is 9. The third-order valence-electron chi connectivity index (χ3n) is 16.1. The van der Waals surface area contributed by atoms with Crippen molar-refractivity contribution in [3.8, 4) is 17.2 Å². The molecular formula is C71H96ClF3O18. The summed E-state index contributed by atoms with van der Waals surface area (Å²) in [5, 5.41) is 110. The van der Waals surface area contributed by atoms with Crippen molar-refractivity contribution in [1.82, 2.24) is 0 Å². The lowest BCUT2D eigenvalue weighted by atomic mass is 9.89. The van der Waals surface area contributed by atoms with Gasteiger partial charge in [-0.05, 0) is 143 Å². The van der Waals surface area contributed by atoms with Crippen molar-refractivity contribution >= 4 is 29.5 Å². The van der Waals surface area contributed by atoms with E-state index < -0.39 is 84.5 Å². The van der Waals surface area contributed by atoms with Crippen LogP contribution in [0.4, 0.5) is 13.2 Å². The standard InChI is InChI=1S/C26H38O6.C23H29F3O6.C22H29ClO6/c1-3-15-31-26(30)12-7-5-4-6-11-22-23(25(29)17-24(22)28)14-13-20(27)18-32-21-10-8-9-19(2)16-21;24-23(25,26)15-6-5-7-17(12-15)32-14-16(27)10-11-19-18(20(28)13-21(19)29)8-3-1-2-4-9-22(30)31;23-15-6-5-7-17(12-15)29-14-16(24)10-11-19-18(20(25)13-21(19)26)8-3-1-2-4-9-22(27)28/h4,6,8-10,13-14,16,20,22-25,27-29H,3,5,7,11-12,15,17-18H2,1-2H3;1,3,5-7,10-12,16,18-21,27-29H,2,4,8-9,13-14H2,(H,30,31);1,3,5-7,10-12,16,18-21,24-26H,2,4,8-9,13-14H2,(H,27,28)/b6-4-,14-13+;2*3-1-,11-10+/t20-,22-,23-,24+,25-;16?,18-,19-,20+,21-;16-,18-,19-,20+,21-/m111/s1. The minimum atomic E-state index is -4.49. The van der Waals surface area contributed by atoms with Gasteiger partial charge in [-0.1, -0.05) is 116 Å². The smallest absolute Gasteiger partial charge is 0.416 e. The van der Waals surface area contributed by atoms with E-state index in [0.717, 1.165) is 37.0 Å². The van der Waals surface area contributed by atoms with Gasteiger partial charge in [-0.25, -0.2) is 0 Å². The number of carboxylic acids is 2. The van der Waals surface area contributed by atoms with Gasteiger partial charge in [-0.3, -0.25) is 14.4 Å². The number of ether oxygens (including phenoxy) is 4. The average Bonchev–Trinajstić information content (AvgIpc) is 1.82. The number of hydrogen-bond donors (Lipinski definition) is 11. The third-order valence-corrected chi connectivity index (χ3v) is 16.3. The summed E-state index contributed by atoms with van der Waals surface area (Å²) in [6.45, 7) is 4.32. The van der Waals surface area contributed by atoms with Crippen LogP contribution in [0.3, 0.4) is 0 Å². The second-order valence-electron chi connectivity index (χ2n) is 23.7. The summed E-state index contributed by atoms with van der Waals surface area (Å²) in [4.78, 5) is 32.5. The lowest BCUT2D eigenvalue weighted by Gasteiger charge is -2.19. The number of allylic oxidation sites excluding steroid dienone is 6. The molecule has 0 bridgehead atoms. The summed E-state index contributed by atoms with van der Waals surface area (Å²) in [5.74, 6) is -2.02. The average molecular weight is 1330 g/mol. The van der Waals surface area contributed by atoms with Gasteiger partial charge < -0.3 is 75.1 Å². The fraction of sp³-hybridized carbons (Fsp3) is 0.535. The van der Waals surface area contributed by atoms with E-state index >= 15 is 0 Å². The highest BCUT2D eigenvalue weighted by molar-refractivity contribution is 6.30. The minimum Gasteiger partial charge on any atom is -0.491 e. The maximum atomic E-state index is 12.8. The lowest BCUT2D eigenvalue weighted by molar-refractivity contribution is -0.144. The van der Waals surface area contributed by atoms with E-state index in [1.807, 2.05) is 74.6 Å². The number of unbranched alkanes of at least 4 members (excludes halogenated alkanes) is 3. The number of esters is 1. The van der Waals surface area contributed by atoms with Crippen molar-refractivity contribution in [3.05, 3.63) is 162 Å². The summed E-state index contributed by atoms with van der Waals surface area (Å²) < 4.78 is 59.7. The van der Waals surface area contributed by atoms with Gasteiger partial charge in [0.2, 0.25) is 0 Å². The van der Waals surface area contributed by atoms with Crippen LogP contribution >= 0.6 is 11.6 Å². The van der Waals surface area contributed by atoms with Gasteiger partial charge >= 0.3 is 24.1 Å². The van der Waals surface area contributed by atoms with Crippen LogP contribution in [-0.2, 0) is 25.3 Å². The predicted molar refractivity (Wildman–Crippen MR) is 346 cm³/mol. The first-order chi connectivity index (χ1) is 44.3. The second-order valence-corrected chi connectivity index (χ2v) is 24.2. The van der Waals surface area contributed by atoms with E-state index in [4.69, 9.17) is 40.8 Å². The van der Waals surface area contributed by atoms with Crippen molar-refractivity contribution in [1.29, 1.82) is 0 Å². The van der Waals surface area contributed by atoms with Crippen LogP contribution in [0.15, 0.2) is 146 Å². The molecule has 0 aliphatic heterocycles. The highest BCUT2D eigenvalue weighted by Gasteiger charge is 2.41. The molecule has 22 heteroatoms. The van der Waals surface area contributed by atoms with Crippen LogP contribution in [0.25, 0.3) is 0 Å². The molecule has 15 atom stereocenters. The van der Waals surface area contributed by atoms with Gasteiger partial charge in [-0.15, -0.1) is 0 Å². The quantitative estimate of drug-likeness (QED) is 0.0148. The number of halogens is 4. The normalized spacial score (nSPS) is 24.9. The summed E-state index contributed by atoms with van der Waals surface area (Å²) in [6.07, 6.45) is 17.8. The van der Waals surface area contributed by atoms with Crippen molar-refractivity contribution in [2.75, 3.05) is 26.4 Å². The molecule has 0 saturated heterocycles. The van der Waals surface area contributed by atoms with Crippen molar-refractivity contribution in [2.45, 2.75) is 178 Å². The van der Waals surface area contributed by atoms with Crippen LogP contribution in [0.5, 0.6) is 17.2 Å². The van der Waals surface area contributed by atoms with E-state index in [1.54, 1.807) is 54.6 Å². The molecule has 3 aromatic carbocycles. The Labute approximate surface area is 548 Å². The zero-order chi connectivity index (χ0) is 68.3. The number of hydrogen-bond acceptors (Lipinski definition) is 16. The Morgan fingerprint density at radius 1 is 0.538 bits per heavy atom. The molecule has 516 valence electrons. The van der Waals surface area contributed by atoms with Gasteiger partial charge in [0.25, 0.3) is 0 Å². The molecule has 0 heterocycles. The minimum absolute atomic E-state index is 0.0190. The summed E-state index contributed by atoms with van der Waals surface area (Å²) in [5.41, 5.74) is 0.241. The zero-order valence-corrected chi connectivity index (χ0v) is 53.7. The lowest BCUT2D eigenvalue weighted by Crippen LogP contribution is -2.21. The topological polar surface area (TPSA) is 311 Å². The largest absolute Gasteiger partial charge is 0.491 e. The first-order valence-electron chi connectivity index (χ1n) is 31.9. The van der Waals surface area contributed by atoms with Gasteiger partial charge in [0.05, 0.1) is 48.8 Å². The molecule has 11 N–H and O–H groups in total. The van der Waals surface area contributed by atoms with Gasteiger partial charge in [0, 0.05) is 61.3 Å². The van der Waals surface area contributed by atoms with Crippen LogP contribution in [0.1, 0.15) is 121 Å². The second kappa shape index (κ2) is 42.9. The van der Waals surface area contributed by atoms with E-state index in [1.165, 1.54) is 18.2 Å². The summed E-state index contributed by atoms with van der Waals surface area (Å²) in [6, 6.07) is 18.9. The Balaban J connectivity index is 0.000000298. The maximum absolute atomic E-state index is 12.8. The molecule has 0 radical (unpaired) electrons. The van der Waals surface area contributed by atoms with Crippen molar-refractivity contribution in [2.24, 2.45) is 35.5 Å². The van der Waals surface area contributed by atoms with E-state index in [2.05, 4.69) is 0 Å². The van der Waals surface area contributed by atoms with Crippen LogP contribution in [0, 0.1) is 42.4 Å². The Bertz CT molecular complexity index is 2840. The van der Waals surface area contributed by atoms with E-state index in [-0.39, 0.29) is 80.4 Å². The SMILES string of the molecule is CCCOC(=O)CCC/C=C\C[C@@H]1[C@@H](/C=C/[C@@H](O)COc2cccc(C)c2)[C@H](O)C[C@@H]1O.O=C(O)CCC/C=C\C[C@@H]1[C@@H](/C=C/C(O)COc2cccc(C(F)(F)F)c2)[C@H](O)C[C@@H]1O.O=C(O)CCC/C=C\C[C@@H]1[C@@H](/C=C/[C@@H](O)COc2cccc(Cl)c2)[C@H](O)C[C@@H]1O. The first-order valence-corrected chi connectivity index (χ1v) is 32.3. The highest BCUT2D eigenvalue weighted by Crippen LogP contribution is 2.39. The number of aryl methyl sites for hydroxylation is 1. The van der Waals surface area contributed by atoms with E-state index in [0.29, 0.717) is 87.3 Å². The number of alkyl halides is 3.